The molecule has 2 amide bonds. The molecule has 1 aromatic carbocycles. The first kappa shape index (κ1) is 22.7. The van der Waals surface area contributed by atoms with Gasteiger partial charge in [0.1, 0.15) is 16.9 Å². The third kappa shape index (κ3) is 5.15. The largest absolute Gasteiger partial charge is 0.337 e. The molecular formula is C25H27N5O2S. The molecule has 3 aromatic rings. The lowest BCUT2D eigenvalue weighted by molar-refractivity contribution is -0.132. The van der Waals surface area contributed by atoms with E-state index in [1.165, 1.54) is 11.3 Å². The van der Waals surface area contributed by atoms with Crippen LogP contribution in [0, 0.1) is 18.3 Å². The van der Waals surface area contributed by atoms with Crippen molar-refractivity contribution >= 4 is 28.2 Å². The van der Waals surface area contributed by atoms with Gasteiger partial charge in [-0.15, -0.1) is 11.3 Å². The summed E-state index contributed by atoms with van der Waals surface area (Å²) in [5, 5.41) is 13.3. The molecule has 1 aliphatic rings. The Balaban J connectivity index is 1.40. The lowest BCUT2D eigenvalue weighted by Crippen LogP contribution is -2.35. The van der Waals surface area contributed by atoms with Gasteiger partial charge in [0.15, 0.2) is 0 Å². The van der Waals surface area contributed by atoms with Crippen molar-refractivity contribution in [3.05, 3.63) is 70.1 Å². The van der Waals surface area contributed by atoms with E-state index >= 15 is 0 Å². The second-order valence-corrected chi connectivity index (χ2v) is 9.47. The van der Waals surface area contributed by atoms with Crippen LogP contribution in [0.15, 0.2) is 42.7 Å². The van der Waals surface area contributed by atoms with E-state index in [1.54, 1.807) is 6.20 Å². The number of aryl methyl sites for hydroxylation is 2. The van der Waals surface area contributed by atoms with E-state index in [4.69, 9.17) is 0 Å². The molecule has 0 bridgehead atoms. The number of anilines is 1. The zero-order valence-corrected chi connectivity index (χ0v) is 19.7. The van der Waals surface area contributed by atoms with Crippen molar-refractivity contribution in [1.29, 1.82) is 5.26 Å². The van der Waals surface area contributed by atoms with Gasteiger partial charge in [-0.2, -0.15) is 5.26 Å². The molecule has 0 saturated heterocycles. The second-order valence-electron chi connectivity index (χ2n) is 8.37. The van der Waals surface area contributed by atoms with Crippen LogP contribution >= 0.6 is 11.3 Å². The molecule has 170 valence electrons. The molecule has 0 radical (unpaired) electrons. The van der Waals surface area contributed by atoms with Crippen molar-refractivity contribution in [3.63, 3.8) is 0 Å². The number of hydrogen-bond donors (Lipinski definition) is 1. The first-order valence-electron chi connectivity index (χ1n) is 11.1. The van der Waals surface area contributed by atoms with Gasteiger partial charge in [0.05, 0.1) is 12.1 Å². The fourth-order valence-electron chi connectivity index (χ4n) is 4.19. The number of aromatic nitrogens is 2. The standard InChI is InChI=1S/C25H27N5O2S/c1-17(19-6-4-3-5-7-19)14-23(31)28-25-21(15-26)20-8-11-30(16-22(20)33-25)24(32)9-12-29-13-10-27-18(29)2/h3-7,10,13,17H,8-9,11-12,14,16H2,1-2H3,(H,28,31)/t17-/m0/s1. The number of hydrogen-bond acceptors (Lipinski definition) is 5. The molecule has 0 fully saturated rings. The van der Waals surface area contributed by atoms with Crippen molar-refractivity contribution in [2.75, 3.05) is 11.9 Å². The van der Waals surface area contributed by atoms with E-state index in [2.05, 4.69) is 16.4 Å². The summed E-state index contributed by atoms with van der Waals surface area (Å²) in [5.74, 6) is 0.953. The smallest absolute Gasteiger partial charge is 0.225 e. The maximum atomic E-state index is 12.8. The molecular weight excluding hydrogens is 434 g/mol. The zero-order valence-electron chi connectivity index (χ0n) is 18.9. The molecule has 8 heteroatoms. The highest BCUT2D eigenvalue weighted by molar-refractivity contribution is 7.16. The number of carbonyl (C=O) groups excluding carboxylic acids is 2. The first-order valence-corrected chi connectivity index (χ1v) is 11.9. The number of imidazole rings is 1. The monoisotopic (exact) mass is 461 g/mol. The lowest BCUT2D eigenvalue weighted by atomic mass is 9.97. The number of benzene rings is 1. The topological polar surface area (TPSA) is 91.0 Å². The van der Waals surface area contributed by atoms with Crippen LogP contribution in [0.2, 0.25) is 0 Å². The van der Waals surface area contributed by atoms with Crippen LogP contribution < -0.4 is 5.32 Å². The van der Waals surface area contributed by atoms with Crippen molar-refractivity contribution in [2.24, 2.45) is 0 Å². The summed E-state index contributed by atoms with van der Waals surface area (Å²) in [4.78, 5) is 32.5. The fraction of sp³-hybridized carbons (Fsp3) is 0.360. The van der Waals surface area contributed by atoms with Gasteiger partial charge in [0.25, 0.3) is 0 Å². The minimum absolute atomic E-state index is 0.0820. The summed E-state index contributed by atoms with van der Waals surface area (Å²) in [6.07, 6.45) is 4.99. The normalized spacial score (nSPS) is 13.8. The molecule has 7 nitrogen and oxygen atoms in total. The van der Waals surface area contributed by atoms with E-state index in [0.29, 0.717) is 49.5 Å². The Kier molecular flexibility index (Phi) is 6.90. The van der Waals surface area contributed by atoms with Crippen molar-refractivity contribution < 1.29 is 9.59 Å². The van der Waals surface area contributed by atoms with Gasteiger partial charge in [-0.25, -0.2) is 4.98 Å². The maximum Gasteiger partial charge on any atom is 0.225 e. The number of amides is 2. The van der Waals surface area contributed by atoms with E-state index in [-0.39, 0.29) is 17.7 Å². The predicted octanol–water partition coefficient (Wildman–Crippen LogP) is 4.23. The Bertz CT molecular complexity index is 1190. The summed E-state index contributed by atoms with van der Waals surface area (Å²) in [7, 11) is 0. The summed E-state index contributed by atoms with van der Waals surface area (Å²) in [5.41, 5.74) is 2.61. The minimum atomic E-state index is -0.106. The average molecular weight is 462 g/mol. The summed E-state index contributed by atoms with van der Waals surface area (Å²) in [6.45, 7) is 5.60. The minimum Gasteiger partial charge on any atom is -0.337 e. The molecule has 2 aromatic heterocycles. The summed E-state index contributed by atoms with van der Waals surface area (Å²) in [6, 6.07) is 12.2. The Hall–Kier alpha value is -3.44. The third-order valence-electron chi connectivity index (χ3n) is 6.12. The molecule has 1 aliphatic heterocycles. The first-order chi connectivity index (χ1) is 16.0. The molecule has 0 unspecified atom stereocenters. The Morgan fingerprint density at radius 3 is 2.79 bits per heavy atom. The molecule has 4 rings (SSSR count). The third-order valence-corrected chi connectivity index (χ3v) is 7.26. The number of nitrogens with one attached hydrogen (secondary N) is 1. The van der Waals surface area contributed by atoms with Crippen LogP contribution in [0.25, 0.3) is 0 Å². The maximum absolute atomic E-state index is 12.8. The van der Waals surface area contributed by atoms with Gasteiger partial charge in [-0.1, -0.05) is 37.3 Å². The van der Waals surface area contributed by atoms with Crippen LogP contribution in [-0.4, -0.2) is 32.8 Å². The van der Waals surface area contributed by atoms with E-state index < -0.39 is 0 Å². The van der Waals surface area contributed by atoms with Crippen LogP contribution in [0.4, 0.5) is 5.00 Å². The van der Waals surface area contributed by atoms with Crippen LogP contribution in [0.3, 0.4) is 0 Å². The van der Waals surface area contributed by atoms with Gasteiger partial charge in [-0.3, -0.25) is 9.59 Å². The zero-order chi connectivity index (χ0) is 23.4. The van der Waals surface area contributed by atoms with Gasteiger partial charge in [0.2, 0.25) is 11.8 Å². The molecule has 33 heavy (non-hydrogen) atoms. The van der Waals surface area contributed by atoms with Crippen molar-refractivity contribution in [2.45, 2.75) is 52.1 Å². The highest BCUT2D eigenvalue weighted by atomic mass is 32.1. The summed E-state index contributed by atoms with van der Waals surface area (Å²) >= 11 is 1.41. The number of rotatable bonds is 7. The van der Waals surface area contributed by atoms with E-state index in [1.807, 2.05) is 59.8 Å². The molecule has 3 heterocycles. The molecule has 0 aliphatic carbocycles. The Morgan fingerprint density at radius 2 is 2.09 bits per heavy atom. The van der Waals surface area contributed by atoms with Gasteiger partial charge in [-0.05, 0) is 30.4 Å². The highest BCUT2D eigenvalue weighted by Gasteiger charge is 2.27. The number of fused-ring (bicyclic) bond motifs is 1. The van der Waals surface area contributed by atoms with E-state index in [0.717, 1.165) is 21.8 Å². The number of nitrogens with zero attached hydrogens (tertiary/aromatic N) is 4. The van der Waals surface area contributed by atoms with Crippen LogP contribution in [0.1, 0.15) is 53.1 Å². The predicted molar refractivity (Wildman–Crippen MR) is 128 cm³/mol. The summed E-state index contributed by atoms with van der Waals surface area (Å²) < 4.78 is 1.97. The number of nitriles is 1. The number of carbonyl (C=O) groups is 2. The van der Waals surface area contributed by atoms with E-state index in [9.17, 15) is 14.9 Å². The van der Waals surface area contributed by atoms with Gasteiger partial charge >= 0.3 is 0 Å². The fourth-order valence-corrected chi connectivity index (χ4v) is 5.42. The highest BCUT2D eigenvalue weighted by Crippen LogP contribution is 2.37. The Morgan fingerprint density at radius 1 is 1.30 bits per heavy atom. The second kappa shape index (κ2) is 10.0. The van der Waals surface area contributed by atoms with Crippen LogP contribution in [-0.2, 0) is 29.1 Å². The molecule has 0 saturated carbocycles. The van der Waals surface area contributed by atoms with Crippen molar-refractivity contribution in [3.8, 4) is 6.07 Å². The lowest BCUT2D eigenvalue weighted by Gasteiger charge is -2.27. The van der Waals surface area contributed by atoms with Crippen molar-refractivity contribution in [1.82, 2.24) is 14.5 Å². The van der Waals surface area contributed by atoms with Crippen LogP contribution in [0.5, 0.6) is 0 Å². The quantitative estimate of drug-likeness (QED) is 0.570. The molecule has 1 N–H and O–H groups in total. The average Bonchev–Trinajstić information content (AvgIpc) is 3.39. The van der Waals surface area contributed by atoms with Gasteiger partial charge in [0, 0.05) is 43.2 Å². The van der Waals surface area contributed by atoms with Gasteiger partial charge < -0.3 is 14.8 Å². The molecule has 0 spiro atoms. The molecule has 1 atom stereocenters. The number of thiophene rings is 1. The Labute approximate surface area is 197 Å². The SMILES string of the molecule is Cc1nccn1CCC(=O)N1CCc2c(sc(NC(=O)C[C@H](C)c3ccccc3)c2C#N)C1.